The number of aliphatic hydroxyl groups is 1. The van der Waals surface area contributed by atoms with Crippen LogP contribution in [-0.2, 0) is 9.59 Å². The van der Waals surface area contributed by atoms with Gasteiger partial charge in [0, 0.05) is 18.8 Å². The molecule has 2 heterocycles. The quantitative estimate of drug-likeness (QED) is 0.673. The zero-order valence-electron chi connectivity index (χ0n) is 16.1. The lowest BCUT2D eigenvalue weighted by Gasteiger charge is -2.44. The number of aromatic nitrogens is 1. The zero-order chi connectivity index (χ0) is 20.3. The molecule has 0 bridgehead atoms. The topological polar surface area (TPSA) is 126 Å². The number of carbonyl (C=O) groups is 3. The first kappa shape index (κ1) is 20.3. The van der Waals surface area contributed by atoms with Crippen molar-refractivity contribution in [3.8, 4) is 0 Å². The first-order chi connectivity index (χ1) is 13.3. The normalized spacial score (nSPS) is 27.9. The van der Waals surface area contributed by atoms with Crippen LogP contribution in [0.1, 0.15) is 55.8 Å². The summed E-state index contributed by atoms with van der Waals surface area (Å²) in [6, 6.07) is 1.37. The molecule has 1 aliphatic heterocycles. The number of primary amides is 1. The number of rotatable bonds is 3. The van der Waals surface area contributed by atoms with Gasteiger partial charge in [-0.3, -0.25) is 19.4 Å². The molecule has 8 heteroatoms. The monoisotopic (exact) mass is 388 g/mol. The highest BCUT2D eigenvalue weighted by atomic mass is 16.3. The minimum atomic E-state index is -0.751. The Morgan fingerprint density at radius 1 is 1.21 bits per heavy atom. The Morgan fingerprint density at radius 2 is 2.00 bits per heavy atom. The highest BCUT2D eigenvalue weighted by molar-refractivity contribution is 6.39. The first-order valence-corrected chi connectivity index (χ1v) is 9.90. The van der Waals surface area contributed by atoms with E-state index < -0.39 is 17.7 Å². The van der Waals surface area contributed by atoms with Crippen molar-refractivity contribution in [3.05, 3.63) is 24.0 Å². The van der Waals surface area contributed by atoms with E-state index in [1.54, 1.807) is 4.90 Å². The molecule has 4 N–H and O–H groups in total. The average Bonchev–Trinajstić information content (AvgIpc) is 2.67. The number of pyridine rings is 1. The summed E-state index contributed by atoms with van der Waals surface area (Å²) in [5.74, 6) is -1.45. The van der Waals surface area contributed by atoms with Crippen molar-refractivity contribution in [3.63, 3.8) is 0 Å². The van der Waals surface area contributed by atoms with Crippen LogP contribution in [0.25, 0.3) is 0 Å². The van der Waals surface area contributed by atoms with Crippen molar-refractivity contribution in [2.24, 2.45) is 17.6 Å². The van der Waals surface area contributed by atoms with E-state index in [9.17, 15) is 19.5 Å². The standard InChI is InChI=1S/C20H28N4O4/c1-12-5-6-17(13-3-2-4-16(25)8-13)24(11-12)20(28)19(27)23-15-7-14(18(21)26)9-22-10-15/h7,9-10,12-13,16-17,25H,2-6,8,11H2,1H3,(H2,21,26)(H,23,27)/t12-,13?,16-,17?/m1/s1. The van der Waals surface area contributed by atoms with Gasteiger partial charge >= 0.3 is 11.8 Å². The number of nitrogens with zero attached hydrogens (tertiary/aromatic N) is 2. The molecule has 1 aromatic rings. The Bertz CT molecular complexity index is 753. The van der Waals surface area contributed by atoms with Gasteiger partial charge in [0.1, 0.15) is 0 Å². The molecule has 1 aromatic heterocycles. The molecule has 28 heavy (non-hydrogen) atoms. The second-order valence-electron chi connectivity index (χ2n) is 8.07. The Kier molecular flexibility index (Phi) is 6.28. The van der Waals surface area contributed by atoms with Gasteiger partial charge in [-0.05, 0) is 50.0 Å². The molecule has 2 unspecified atom stereocenters. The van der Waals surface area contributed by atoms with Gasteiger partial charge < -0.3 is 21.1 Å². The van der Waals surface area contributed by atoms with Crippen molar-refractivity contribution >= 4 is 23.4 Å². The highest BCUT2D eigenvalue weighted by Gasteiger charge is 2.39. The molecule has 8 nitrogen and oxygen atoms in total. The van der Waals surface area contributed by atoms with Gasteiger partial charge in [-0.2, -0.15) is 0 Å². The molecule has 1 aliphatic carbocycles. The minimum absolute atomic E-state index is 0.0283. The summed E-state index contributed by atoms with van der Waals surface area (Å²) >= 11 is 0. The zero-order valence-corrected chi connectivity index (χ0v) is 16.1. The Labute approximate surface area is 164 Å². The molecule has 152 valence electrons. The number of anilines is 1. The van der Waals surface area contributed by atoms with Crippen LogP contribution >= 0.6 is 0 Å². The van der Waals surface area contributed by atoms with E-state index in [4.69, 9.17) is 5.73 Å². The maximum Gasteiger partial charge on any atom is 0.313 e. The number of piperidine rings is 1. The summed E-state index contributed by atoms with van der Waals surface area (Å²) in [5, 5.41) is 12.6. The van der Waals surface area contributed by atoms with Crippen LogP contribution < -0.4 is 11.1 Å². The van der Waals surface area contributed by atoms with Crippen molar-refractivity contribution in [1.29, 1.82) is 0 Å². The first-order valence-electron chi connectivity index (χ1n) is 9.90. The molecular weight excluding hydrogens is 360 g/mol. The Morgan fingerprint density at radius 3 is 2.71 bits per heavy atom. The van der Waals surface area contributed by atoms with Crippen LogP contribution in [0.15, 0.2) is 18.5 Å². The lowest BCUT2D eigenvalue weighted by Crippen LogP contribution is -2.54. The largest absolute Gasteiger partial charge is 0.393 e. The summed E-state index contributed by atoms with van der Waals surface area (Å²) in [4.78, 5) is 42.4. The van der Waals surface area contributed by atoms with Gasteiger partial charge in [-0.25, -0.2) is 0 Å². The van der Waals surface area contributed by atoms with E-state index in [2.05, 4.69) is 17.2 Å². The number of nitrogens with two attached hydrogens (primary N) is 1. The minimum Gasteiger partial charge on any atom is -0.393 e. The molecule has 3 amide bonds. The molecule has 4 atom stereocenters. The number of hydrogen-bond acceptors (Lipinski definition) is 5. The van der Waals surface area contributed by atoms with Crippen LogP contribution in [0.2, 0.25) is 0 Å². The molecule has 1 saturated carbocycles. The van der Waals surface area contributed by atoms with E-state index in [0.717, 1.165) is 32.1 Å². The summed E-state index contributed by atoms with van der Waals surface area (Å²) in [5.41, 5.74) is 5.64. The molecule has 2 fully saturated rings. The maximum atomic E-state index is 12.9. The Balaban J connectivity index is 1.72. The average molecular weight is 388 g/mol. The molecule has 2 aliphatic rings. The number of amides is 3. The fourth-order valence-corrected chi connectivity index (χ4v) is 4.41. The van der Waals surface area contributed by atoms with E-state index in [0.29, 0.717) is 18.9 Å². The fraction of sp³-hybridized carbons (Fsp3) is 0.600. The van der Waals surface area contributed by atoms with Crippen LogP contribution in [0.5, 0.6) is 0 Å². The third-order valence-corrected chi connectivity index (χ3v) is 5.83. The molecule has 0 aromatic carbocycles. The predicted octanol–water partition coefficient (Wildman–Crippen LogP) is 1.30. The van der Waals surface area contributed by atoms with E-state index in [1.165, 1.54) is 18.5 Å². The molecule has 1 saturated heterocycles. The molecule has 3 rings (SSSR count). The second kappa shape index (κ2) is 8.68. The van der Waals surface area contributed by atoms with Gasteiger partial charge in [0.15, 0.2) is 0 Å². The summed E-state index contributed by atoms with van der Waals surface area (Å²) < 4.78 is 0. The SMILES string of the molecule is C[C@@H]1CCC(C2CCC[C@@H](O)C2)N(C(=O)C(=O)Nc2cncc(C(N)=O)c2)C1. The number of nitrogens with one attached hydrogen (secondary N) is 1. The van der Waals surface area contributed by atoms with Crippen LogP contribution in [0.3, 0.4) is 0 Å². The van der Waals surface area contributed by atoms with Crippen molar-refractivity contribution in [2.75, 3.05) is 11.9 Å². The number of aliphatic hydroxyl groups excluding tert-OH is 1. The van der Waals surface area contributed by atoms with Crippen LogP contribution in [-0.4, -0.2) is 51.4 Å². The van der Waals surface area contributed by atoms with Crippen molar-refractivity contribution in [1.82, 2.24) is 9.88 Å². The predicted molar refractivity (Wildman–Crippen MR) is 103 cm³/mol. The molecule has 0 radical (unpaired) electrons. The van der Waals surface area contributed by atoms with Crippen molar-refractivity contribution < 1.29 is 19.5 Å². The molecular formula is C20H28N4O4. The maximum absolute atomic E-state index is 12.9. The summed E-state index contributed by atoms with van der Waals surface area (Å²) in [6.07, 6.45) is 7.58. The van der Waals surface area contributed by atoms with Gasteiger partial charge in [0.2, 0.25) is 5.91 Å². The van der Waals surface area contributed by atoms with Crippen LogP contribution in [0.4, 0.5) is 5.69 Å². The highest BCUT2D eigenvalue weighted by Crippen LogP contribution is 2.35. The van der Waals surface area contributed by atoms with Gasteiger partial charge in [0.25, 0.3) is 0 Å². The van der Waals surface area contributed by atoms with Crippen molar-refractivity contribution in [2.45, 2.75) is 57.6 Å². The van der Waals surface area contributed by atoms with Gasteiger partial charge in [-0.1, -0.05) is 13.3 Å². The van der Waals surface area contributed by atoms with E-state index in [1.807, 2.05) is 0 Å². The molecule has 0 spiro atoms. The van der Waals surface area contributed by atoms with E-state index >= 15 is 0 Å². The van der Waals surface area contributed by atoms with Gasteiger partial charge in [0.05, 0.1) is 23.6 Å². The number of carbonyl (C=O) groups excluding carboxylic acids is 3. The lowest BCUT2D eigenvalue weighted by atomic mass is 9.77. The lowest BCUT2D eigenvalue weighted by molar-refractivity contribution is -0.148. The number of hydrogen-bond donors (Lipinski definition) is 3. The third-order valence-electron chi connectivity index (χ3n) is 5.83. The van der Waals surface area contributed by atoms with E-state index in [-0.39, 0.29) is 29.3 Å². The second-order valence-corrected chi connectivity index (χ2v) is 8.07. The Hall–Kier alpha value is -2.48. The smallest absolute Gasteiger partial charge is 0.313 e. The number of likely N-dealkylation sites (tertiary alicyclic amines) is 1. The van der Waals surface area contributed by atoms with Gasteiger partial charge in [-0.15, -0.1) is 0 Å². The van der Waals surface area contributed by atoms with Crippen LogP contribution in [0, 0.1) is 11.8 Å². The fourth-order valence-electron chi connectivity index (χ4n) is 4.41. The third kappa shape index (κ3) is 4.67. The summed E-state index contributed by atoms with van der Waals surface area (Å²) in [7, 11) is 0. The summed E-state index contributed by atoms with van der Waals surface area (Å²) in [6.45, 7) is 2.60.